The van der Waals surface area contributed by atoms with Gasteiger partial charge in [-0.05, 0) is 25.0 Å². The molecule has 5 nitrogen and oxygen atoms in total. The fourth-order valence-corrected chi connectivity index (χ4v) is 3.61. The first-order chi connectivity index (χ1) is 10.7. The molecule has 0 N–H and O–H groups in total. The molecule has 0 unspecified atom stereocenters. The molecular weight excluding hydrogens is 326 g/mol. The third kappa shape index (κ3) is 4.19. The Kier molecular flexibility index (Phi) is 5.23. The standard InChI is InChI=1S/C15H20F2N2O3S/c1-18(11-5-3-4-6-11)15(20)10-19(23(2,21)22)12-7-8-13(16)14(17)9-12/h7-9,11H,3-6,10H2,1-2H3. The van der Waals surface area contributed by atoms with Crippen molar-refractivity contribution in [3.05, 3.63) is 29.8 Å². The molecule has 0 atom stereocenters. The van der Waals surface area contributed by atoms with Gasteiger partial charge in [0.05, 0.1) is 11.9 Å². The summed E-state index contributed by atoms with van der Waals surface area (Å²) in [5.74, 6) is -2.60. The zero-order chi connectivity index (χ0) is 17.2. The van der Waals surface area contributed by atoms with E-state index in [0.29, 0.717) is 0 Å². The summed E-state index contributed by atoms with van der Waals surface area (Å²) in [6, 6.07) is 2.86. The van der Waals surface area contributed by atoms with Crippen LogP contribution in [0, 0.1) is 11.6 Å². The maximum absolute atomic E-state index is 13.4. The van der Waals surface area contributed by atoms with Gasteiger partial charge in [-0.1, -0.05) is 12.8 Å². The maximum Gasteiger partial charge on any atom is 0.243 e. The molecule has 0 saturated heterocycles. The van der Waals surface area contributed by atoms with Crippen molar-refractivity contribution in [3.8, 4) is 0 Å². The van der Waals surface area contributed by atoms with Crippen molar-refractivity contribution in [2.45, 2.75) is 31.7 Å². The Morgan fingerprint density at radius 3 is 2.35 bits per heavy atom. The Bertz CT molecular complexity index is 688. The minimum atomic E-state index is -3.80. The second kappa shape index (κ2) is 6.82. The minimum absolute atomic E-state index is 0.0698. The van der Waals surface area contributed by atoms with Crippen LogP contribution in [0.1, 0.15) is 25.7 Å². The van der Waals surface area contributed by atoms with Crippen LogP contribution in [0.2, 0.25) is 0 Å². The van der Waals surface area contributed by atoms with Crippen molar-refractivity contribution in [3.63, 3.8) is 0 Å². The smallest absolute Gasteiger partial charge is 0.243 e. The predicted octanol–water partition coefficient (Wildman–Crippen LogP) is 2.13. The molecule has 1 aromatic carbocycles. The van der Waals surface area contributed by atoms with Crippen LogP contribution in [0.4, 0.5) is 14.5 Å². The number of likely N-dealkylation sites (N-methyl/N-ethyl adjacent to an activating group) is 1. The van der Waals surface area contributed by atoms with Gasteiger partial charge in [-0.3, -0.25) is 9.10 Å². The highest BCUT2D eigenvalue weighted by Crippen LogP contribution is 2.24. The fraction of sp³-hybridized carbons (Fsp3) is 0.533. The Morgan fingerprint density at radius 1 is 1.22 bits per heavy atom. The number of hydrogen-bond acceptors (Lipinski definition) is 3. The monoisotopic (exact) mass is 346 g/mol. The van der Waals surface area contributed by atoms with Crippen LogP contribution in [0.3, 0.4) is 0 Å². The van der Waals surface area contributed by atoms with Crippen LogP contribution in [0.25, 0.3) is 0 Å². The van der Waals surface area contributed by atoms with Crippen molar-refractivity contribution >= 4 is 21.6 Å². The molecule has 0 heterocycles. The average Bonchev–Trinajstić information content (AvgIpc) is 2.99. The Balaban J connectivity index is 2.22. The minimum Gasteiger partial charge on any atom is -0.341 e. The first kappa shape index (κ1) is 17.7. The fourth-order valence-electron chi connectivity index (χ4n) is 2.77. The van der Waals surface area contributed by atoms with Gasteiger partial charge in [0.25, 0.3) is 0 Å². The first-order valence-corrected chi connectivity index (χ1v) is 9.23. The zero-order valence-electron chi connectivity index (χ0n) is 13.1. The number of amides is 1. The van der Waals surface area contributed by atoms with Crippen molar-refractivity contribution < 1.29 is 22.0 Å². The van der Waals surface area contributed by atoms with E-state index in [1.165, 1.54) is 0 Å². The number of anilines is 1. The molecule has 0 aromatic heterocycles. The molecule has 1 aliphatic carbocycles. The number of hydrogen-bond donors (Lipinski definition) is 0. The first-order valence-electron chi connectivity index (χ1n) is 7.38. The molecule has 0 spiro atoms. The molecule has 0 bridgehead atoms. The lowest BCUT2D eigenvalue weighted by molar-refractivity contribution is -0.130. The van der Waals surface area contributed by atoms with Gasteiger partial charge in [-0.15, -0.1) is 0 Å². The number of carbonyl (C=O) groups is 1. The number of carbonyl (C=O) groups excluding carboxylic acids is 1. The Labute approximate surface area is 134 Å². The summed E-state index contributed by atoms with van der Waals surface area (Å²) in [5, 5.41) is 0. The topological polar surface area (TPSA) is 57.7 Å². The second-order valence-corrected chi connectivity index (χ2v) is 7.72. The molecule has 0 aliphatic heterocycles. The van der Waals surface area contributed by atoms with Crippen LogP contribution in [0.5, 0.6) is 0 Å². The van der Waals surface area contributed by atoms with Gasteiger partial charge in [0.15, 0.2) is 11.6 Å². The summed E-state index contributed by atoms with van der Waals surface area (Å²) in [7, 11) is -2.16. The van der Waals surface area contributed by atoms with Crippen LogP contribution in [0.15, 0.2) is 18.2 Å². The van der Waals surface area contributed by atoms with E-state index in [-0.39, 0.29) is 17.6 Å². The van der Waals surface area contributed by atoms with Crippen molar-refractivity contribution in [1.29, 1.82) is 0 Å². The summed E-state index contributed by atoms with van der Waals surface area (Å²) in [6.45, 7) is -0.434. The molecule has 1 saturated carbocycles. The van der Waals surface area contributed by atoms with Gasteiger partial charge in [0.2, 0.25) is 15.9 Å². The molecule has 1 amide bonds. The van der Waals surface area contributed by atoms with Gasteiger partial charge in [-0.2, -0.15) is 0 Å². The van der Waals surface area contributed by atoms with E-state index in [1.54, 1.807) is 11.9 Å². The lowest BCUT2D eigenvalue weighted by Crippen LogP contribution is -2.44. The van der Waals surface area contributed by atoms with Gasteiger partial charge >= 0.3 is 0 Å². The van der Waals surface area contributed by atoms with E-state index < -0.39 is 28.2 Å². The third-order valence-corrected chi connectivity index (χ3v) is 5.28. The lowest BCUT2D eigenvalue weighted by Gasteiger charge is -2.28. The number of sulfonamides is 1. The van der Waals surface area contributed by atoms with Gasteiger partial charge in [-0.25, -0.2) is 17.2 Å². The molecule has 8 heteroatoms. The van der Waals surface area contributed by atoms with Crippen LogP contribution in [-0.4, -0.2) is 45.1 Å². The average molecular weight is 346 g/mol. The predicted molar refractivity (Wildman–Crippen MR) is 83.6 cm³/mol. The largest absolute Gasteiger partial charge is 0.341 e. The molecule has 1 aliphatic rings. The summed E-state index contributed by atoms with van der Waals surface area (Å²) < 4.78 is 51.1. The highest BCUT2D eigenvalue weighted by atomic mass is 32.2. The summed E-state index contributed by atoms with van der Waals surface area (Å²) in [6.07, 6.45) is 4.80. The van der Waals surface area contributed by atoms with Crippen molar-refractivity contribution in [1.82, 2.24) is 4.90 Å². The summed E-state index contributed by atoms with van der Waals surface area (Å²) in [5.41, 5.74) is -0.0698. The van der Waals surface area contributed by atoms with Crippen molar-refractivity contribution in [2.75, 3.05) is 24.2 Å². The molecule has 0 radical (unpaired) electrons. The molecule has 1 fully saturated rings. The van der Waals surface area contributed by atoms with E-state index in [4.69, 9.17) is 0 Å². The number of benzene rings is 1. The number of nitrogens with zero attached hydrogens (tertiary/aromatic N) is 2. The van der Waals surface area contributed by atoms with Crippen molar-refractivity contribution in [2.24, 2.45) is 0 Å². The highest BCUT2D eigenvalue weighted by Gasteiger charge is 2.28. The maximum atomic E-state index is 13.4. The summed E-state index contributed by atoms with van der Waals surface area (Å²) >= 11 is 0. The number of halogens is 2. The quantitative estimate of drug-likeness (QED) is 0.821. The normalized spacial score (nSPS) is 15.7. The van der Waals surface area contributed by atoms with Crippen LogP contribution in [-0.2, 0) is 14.8 Å². The highest BCUT2D eigenvalue weighted by molar-refractivity contribution is 7.92. The molecule has 128 valence electrons. The van der Waals surface area contributed by atoms with Gasteiger partial charge < -0.3 is 4.90 Å². The van der Waals surface area contributed by atoms with Gasteiger partial charge in [0, 0.05) is 19.2 Å². The van der Waals surface area contributed by atoms with Gasteiger partial charge in [0.1, 0.15) is 6.54 Å². The molecule has 2 rings (SSSR count). The van der Waals surface area contributed by atoms with E-state index in [0.717, 1.165) is 54.4 Å². The summed E-state index contributed by atoms with van der Waals surface area (Å²) in [4.78, 5) is 13.9. The SMILES string of the molecule is CN(C(=O)CN(c1ccc(F)c(F)c1)S(C)(=O)=O)C1CCCC1. The molecule has 23 heavy (non-hydrogen) atoms. The molecular formula is C15H20F2N2O3S. The van der Waals surface area contributed by atoms with E-state index >= 15 is 0 Å². The number of rotatable bonds is 5. The van der Waals surface area contributed by atoms with Crippen LogP contribution < -0.4 is 4.31 Å². The molecule has 1 aromatic rings. The Morgan fingerprint density at radius 2 is 1.83 bits per heavy atom. The second-order valence-electron chi connectivity index (χ2n) is 5.81. The third-order valence-electron chi connectivity index (χ3n) is 4.14. The van der Waals surface area contributed by atoms with E-state index in [2.05, 4.69) is 0 Å². The Hall–Kier alpha value is -1.70. The zero-order valence-corrected chi connectivity index (χ0v) is 13.9. The lowest BCUT2D eigenvalue weighted by atomic mass is 10.2. The van der Waals surface area contributed by atoms with E-state index in [1.807, 2.05) is 0 Å². The van der Waals surface area contributed by atoms with Crippen LogP contribution >= 0.6 is 0 Å². The van der Waals surface area contributed by atoms with E-state index in [9.17, 15) is 22.0 Å².